The number of aryl methyl sites for hydroxylation is 1. The molecule has 17 heavy (non-hydrogen) atoms. The lowest BCUT2D eigenvalue weighted by molar-refractivity contribution is -0.388. The first-order chi connectivity index (χ1) is 8.09. The second kappa shape index (κ2) is 4.25. The van der Waals surface area contributed by atoms with E-state index in [9.17, 15) is 10.1 Å². The second-order valence-electron chi connectivity index (χ2n) is 3.05. The molecule has 0 bridgehead atoms. The number of imidazole rings is 1. The molecule has 9 nitrogen and oxygen atoms in total. The van der Waals surface area contributed by atoms with Gasteiger partial charge in [0.1, 0.15) is 5.69 Å². The number of rotatable bonds is 3. The van der Waals surface area contributed by atoms with Crippen molar-refractivity contribution in [1.82, 2.24) is 19.1 Å². The van der Waals surface area contributed by atoms with Gasteiger partial charge in [-0.25, -0.2) is 4.99 Å². The number of nitrogens with two attached hydrogens (primary N) is 1. The fourth-order valence-corrected chi connectivity index (χ4v) is 1.57. The molecule has 0 aliphatic rings. The Morgan fingerprint density at radius 1 is 1.71 bits per heavy atom. The highest BCUT2D eigenvalue weighted by atomic mass is 32.1. The predicted molar refractivity (Wildman–Crippen MR) is 60.2 cm³/mol. The zero-order valence-corrected chi connectivity index (χ0v) is 9.46. The van der Waals surface area contributed by atoms with Crippen LogP contribution >= 0.6 is 11.5 Å². The van der Waals surface area contributed by atoms with Crippen LogP contribution in [0, 0.1) is 10.1 Å². The van der Waals surface area contributed by atoms with E-state index in [1.807, 2.05) is 0 Å². The van der Waals surface area contributed by atoms with Crippen LogP contribution in [-0.2, 0) is 7.05 Å². The van der Waals surface area contributed by atoms with Crippen molar-refractivity contribution in [1.29, 1.82) is 0 Å². The van der Waals surface area contributed by atoms with Crippen LogP contribution in [0.5, 0.6) is 0 Å². The number of nitrogens with zero attached hydrogens (tertiary/aromatic N) is 6. The lowest BCUT2D eigenvalue weighted by atomic mass is 10.4. The Bertz CT molecular complexity index is 573. The zero-order chi connectivity index (χ0) is 12.4. The van der Waals surface area contributed by atoms with E-state index >= 15 is 0 Å². The van der Waals surface area contributed by atoms with Gasteiger partial charge in [-0.15, -0.1) is 5.10 Å². The molecule has 2 aromatic heterocycles. The fourth-order valence-electron chi connectivity index (χ4n) is 1.12. The Morgan fingerprint density at radius 3 is 3.06 bits per heavy atom. The summed E-state index contributed by atoms with van der Waals surface area (Å²) in [6.07, 6.45) is 1.30. The Morgan fingerprint density at radius 2 is 2.47 bits per heavy atom. The van der Waals surface area contributed by atoms with E-state index in [0.29, 0.717) is 5.69 Å². The molecule has 2 N–H and O–H groups in total. The van der Waals surface area contributed by atoms with Gasteiger partial charge in [-0.2, -0.15) is 0 Å². The Labute approximate surface area is 98.9 Å². The number of aromatic nitrogens is 4. The molecule has 0 aliphatic carbocycles. The molecule has 0 unspecified atom stereocenters. The van der Waals surface area contributed by atoms with E-state index < -0.39 is 4.92 Å². The van der Waals surface area contributed by atoms with E-state index in [1.54, 1.807) is 12.4 Å². The molecule has 2 aromatic rings. The van der Waals surface area contributed by atoms with Gasteiger partial charge in [-0.05, 0) is 21.4 Å². The molecular weight excluding hydrogens is 246 g/mol. The van der Waals surface area contributed by atoms with Crippen molar-refractivity contribution < 1.29 is 4.92 Å². The SMILES string of the molecule is Cn1cnc([N+](=O)[O-])c1/N=C(\N)c1csnn1. The molecular formula is C7H7N7O2S. The minimum absolute atomic E-state index is 0.0606. The summed E-state index contributed by atoms with van der Waals surface area (Å²) in [4.78, 5) is 17.6. The van der Waals surface area contributed by atoms with Crippen LogP contribution in [-0.4, -0.2) is 29.9 Å². The van der Waals surface area contributed by atoms with Gasteiger partial charge in [0, 0.05) is 12.4 Å². The molecule has 0 radical (unpaired) electrons. The smallest absolute Gasteiger partial charge is 0.382 e. The zero-order valence-electron chi connectivity index (χ0n) is 8.64. The number of hydrogen-bond donors (Lipinski definition) is 1. The molecule has 0 aliphatic heterocycles. The standard InChI is InChI=1S/C7H7N7O2S/c1-13-3-9-6(14(15)16)7(13)10-5(8)4-2-17-12-11-4/h2-3H,1H3,(H2,8,10). The van der Waals surface area contributed by atoms with Crippen LogP contribution in [0.15, 0.2) is 16.7 Å². The van der Waals surface area contributed by atoms with Gasteiger partial charge >= 0.3 is 5.82 Å². The van der Waals surface area contributed by atoms with Crippen LogP contribution in [0.4, 0.5) is 11.6 Å². The number of nitro groups is 1. The third-order valence-corrected chi connectivity index (χ3v) is 2.41. The maximum atomic E-state index is 10.7. The predicted octanol–water partition coefficient (Wildman–Crippen LogP) is 0.217. The van der Waals surface area contributed by atoms with Gasteiger partial charge in [-0.1, -0.05) is 4.49 Å². The maximum Gasteiger partial charge on any atom is 0.408 e. The number of hydrogen-bond acceptors (Lipinski definition) is 7. The van der Waals surface area contributed by atoms with Crippen LogP contribution < -0.4 is 5.73 Å². The second-order valence-corrected chi connectivity index (χ2v) is 3.66. The van der Waals surface area contributed by atoms with Crippen molar-refractivity contribution in [2.24, 2.45) is 17.8 Å². The number of amidine groups is 1. The van der Waals surface area contributed by atoms with Crippen LogP contribution in [0.3, 0.4) is 0 Å². The molecule has 0 amide bonds. The lowest BCUT2D eigenvalue weighted by Gasteiger charge is -1.97. The van der Waals surface area contributed by atoms with Gasteiger partial charge in [0.15, 0.2) is 5.84 Å². The van der Waals surface area contributed by atoms with Crippen molar-refractivity contribution >= 4 is 29.0 Å². The van der Waals surface area contributed by atoms with Gasteiger partial charge in [0.05, 0.1) is 0 Å². The normalized spacial score (nSPS) is 11.7. The number of aliphatic imine (C=N–C) groups is 1. The largest absolute Gasteiger partial charge is 0.408 e. The molecule has 0 aromatic carbocycles. The first-order valence-electron chi connectivity index (χ1n) is 4.37. The third-order valence-electron chi connectivity index (χ3n) is 1.91. The molecule has 0 spiro atoms. The van der Waals surface area contributed by atoms with Crippen LogP contribution in [0.2, 0.25) is 0 Å². The van der Waals surface area contributed by atoms with E-state index in [4.69, 9.17) is 5.73 Å². The summed E-state index contributed by atoms with van der Waals surface area (Å²) in [5.74, 6) is -0.218. The van der Waals surface area contributed by atoms with E-state index in [2.05, 4.69) is 19.6 Å². The highest BCUT2D eigenvalue weighted by molar-refractivity contribution is 7.03. The van der Waals surface area contributed by atoms with Crippen molar-refractivity contribution in [2.45, 2.75) is 0 Å². The van der Waals surface area contributed by atoms with E-state index in [0.717, 1.165) is 11.5 Å². The molecule has 0 saturated carbocycles. The van der Waals surface area contributed by atoms with Gasteiger partial charge in [-0.3, -0.25) is 4.57 Å². The third kappa shape index (κ3) is 2.10. The summed E-state index contributed by atoms with van der Waals surface area (Å²) >= 11 is 1.12. The summed E-state index contributed by atoms with van der Waals surface area (Å²) in [7, 11) is 1.59. The molecule has 2 heterocycles. The van der Waals surface area contributed by atoms with E-state index in [-0.39, 0.29) is 17.5 Å². The van der Waals surface area contributed by atoms with Crippen LogP contribution in [0.25, 0.3) is 0 Å². The summed E-state index contributed by atoms with van der Waals surface area (Å²) in [6.45, 7) is 0. The Balaban J connectivity index is 2.45. The van der Waals surface area contributed by atoms with Gasteiger partial charge in [0.25, 0.3) is 0 Å². The molecule has 10 heteroatoms. The molecule has 0 atom stereocenters. The Kier molecular flexibility index (Phi) is 2.78. The molecule has 0 saturated heterocycles. The topological polar surface area (TPSA) is 125 Å². The molecule has 2 rings (SSSR count). The molecule has 0 fully saturated rings. The highest BCUT2D eigenvalue weighted by Crippen LogP contribution is 2.24. The minimum atomic E-state index is -0.620. The lowest BCUT2D eigenvalue weighted by Crippen LogP contribution is -2.13. The fraction of sp³-hybridized carbons (Fsp3) is 0.143. The summed E-state index contributed by atoms with van der Waals surface area (Å²) in [5.41, 5.74) is 6.04. The maximum absolute atomic E-state index is 10.7. The van der Waals surface area contributed by atoms with E-state index in [1.165, 1.54) is 10.9 Å². The Hall–Kier alpha value is -2.36. The summed E-state index contributed by atoms with van der Waals surface area (Å²) in [5, 5.41) is 16.0. The van der Waals surface area contributed by atoms with Crippen molar-refractivity contribution in [3.63, 3.8) is 0 Å². The monoisotopic (exact) mass is 253 g/mol. The van der Waals surface area contributed by atoms with Gasteiger partial charge in [0.2, 0.25) is 12.1 Å². The quantitative estimate of drug-likeness (QED) is 0.361. The van der Waals surface area contributed by atoms with Gasteiger partial charge < -0.3 is 15.8 Å². The summed E-state index contributed by atoms with van der Waals surface area (Å²) < 4.78 is 5.03. The van der Waals surface area contributed by atoms with Crippen molar-refractivity contribution in [3.8, 4) is 0 Å². The van der Waals surface area contributed by atoms with Crippen LogP contribution in [0.1, 0.15) is 5.69 Å². The van der Waals surface area contributed by atoms with Crippen molar-refractivity contribution in [2.75, 3.05) is 0 Å². The van der Waals surface area contributed by atoms with Crippen molar-refractivity contribution in [3.05, 3.63) is 27.5 Å². The first-order valence-corrected chi connectivity index (χ1v) is 5.20. The minimum Gasteiger partial charge on any atom is -0.382 e. The summed E-state index contributed by atoms with van der Waals surface area (Å²) in [6, 6.07) is 0. The average Bonchev–Trinajstić information content (AvgIpc) is 2.89. The highest BCUT2D eigenvalue weighted by Gasteiger charge is 2.20. The first kappa shape index (κ1) is 11.1. The molecule has 88 valence electrons. The average molecular weight is 253 g/mol.